The van der Waals surface area contributed by atoms with E-state index in [2.05, 4.69) is 9.89 Å². The largest absolute Gasteiger partial charge is 0.462 e. The van der Waals surface area contributed by atoms with E-state index in [-0.39, 0.29) is 18.0 Å². The summed E-state index contributed by atoms with van der Waals surface area (Å²) >= 11 is 0. The predicted octanol–water partition coefficient (Wildman–Crippen LogP) is 0.930. The second kappa shape index (κ2) is 7.92. The first-order valence-corrected chi connectivity index (χ1v) is 7.86. The molecular formula is C16H23N3O4. The van der Waals surface area contributed by atoms with Crippen molar-refractivity contribution in [1.29, 1.82) is 0 Å². The predicted molar refractivity (Wildman–Crippen MR) is 85.7 cm³/mol. The second-order valence-corrected chi connectivity index (χ2v) is 5.15. The molecule has 2 aliphatic heterocycles. The second-order valence-electron chi connectivity index (χ2n) is 5.15. The van der Waals surface area contributed by atoms with E-state index < -0.39 is 5.97 Å². The lowest BCUT2D eigenvalue weighted by molar-refractivity contribution is -0.140. The van der Waals surface area contributed by atoms with E-state index in [0.717, 1.165) is 18.9 Å². The molecule has 126 valence electrons. The van der Waals surface area contributed by atoms with Crippen molar-refractivity contribution >= 4 is 18.0 Å². The van der Waals surface area contributed by atoms with Crippen molar-refractivity contribution in [3.8, 4) is 0 Å². The first kappa shape index (κ1) is 17.2. The first-order chi connectivity index (χ1) is 11.1. The van der Waals surface area contributed by atoms with Crippen molar-refractivity contribution in [3.63, 3.8) is 0 Å². The number of nitrogens with zero attached hydrogens (tertiary/aromatic N) is 3. The van der Waals surface area contributed by atoms with Crippen LogP contribution in [0, 0.1) is 0 Å². The minimum absolute atomic E-state index is 0.0382. The zero-order valence-corrected chi connectivity index (χ0v) is 13.9. The molecule has 0 unspecified atom stereocenters. The number of esters is 1. The summed E-state index contributed by atoms with van der Waals surface area (Å²) in [5.74, 6) is -0.0638. The molecule has 0 aromatic heterocycles. The van der Waals surface area contributed by atoms with E-state index in [1.54, 1.807) is 19.3 Å². The van der Waals surface area contributed by atoms with Crippen molar-refractivity contribution in [3.05, 3.63) is 23.3 Å². The van der Waals surface area contributed by atoms with Gasteiger partial charge in [-0.05, 0) is 20.8 Å². The van der Waals surface area contributed by atoms with Gasteiger partial charge in [-0.15, -0.1) is 0 Å². The fourth-order valence-corrected chi connectivity index (χ4v) is 2.65. The molecule has 0 aromatic rings. The number of ketones is 1. The van der Waals surface area contributed by atoms with Crippen LogP contribution in [0.2, 0.25) is 0 Å². The Hall–Kier alpha value is -2.15. The van der Waals surface area contributed by atoms with Gasteiger partial charge in [0.05, 0.1) is 37.9 Å². The Morgan fingerprint density at radius 1 is 1.30 bits per heavy atom. The van der Waals surface area contributed by atoms with Gasteiger partial charge in [-0.3, -0.25) is 9.79 Å². The maximum Gasteiger partial charge on any atom is 0.343 e. The fourth-order valence-electron chi connectivity index (χ4n) is 2.65. The Bertz CT molecular complexity index is 560. The SMILES string of the molecule is CCOC(=O)/C(C(C)=O)=C1\C=NC=C(N2CCOCC2)N1CC. The molecule has 0 saturated carbocycles. The van der Waals surface area contributed by atoms with E-state index in [1.807, 2.05) is 11.8 Å². The quantitative estimate of drug-likeness (QED) is 0.325. The fraction of sp³-hybridized carbons (Fsp3) is 0.562. The molecule has 2 rings (SSSR count). The number of hydrogen-bond acceptors (Lipinski definition) is 7. The number of aliphatic imine (C=N–C) groups is 1. The molecule has 0 aliphatic carbocycles. The molecule has 7 heteroatoms. The van der Waals surface area contributed by atoms with Gasteiger partial charge in [0.15, 0.2) is 5.78 Å². The average Bonchev–Trinajstić information content (AvgIpc) is 2.55. The zero-order valence-electron chi connectivity index (χ0n) is 13.9. The third-order valence-electron chi connectivity index (χ3n) is 3.69. The van der Waals surface area contributed by atoms with Crippen LogP contribution >= 0.6 is 0 Å². The topological polar surface area (TPSA) is 71.4 Å². The average molecular weight is 321 g/mol. The Morgan fingerprint density at radius 2 is 2.00 bits per heavy atom. The highest BCUT2D eigenvalue weighted by atomic mass is 16.5. The summed E-state index contributed by atoms with van der Waals surface area (Å²) in [6.07, 6.45) is 3.29. The normalized spacial score (nSPS) is 20.2. The molecule has 1 saturated heterocycles. The summed E-state index contributed by atoms with van der Waals surface area (Å²) in [5, 5.41) is 0. The molecule has 0 radical (unpaired) electrons. The monoisotopic (exact) mass is 321 g/mol. The van der Waals surface area contributed by atoms with Gasteiger partial charge < -0.3 is 19.3 Å². The summed E-state index contributed by atoms with van der Waals surface area (Å²) in [4.78, 5) is 32.5. The lowest BCUT2D eigenvalue weighted by Crippen LogP contribution is -2.43. The molecule has 0 bridgehead atoms. The molecule has 7 nitrogen and oxygen atoms in total. The number of carbonyl (C=O) groups excluding carboxylic acids is 2. The summed E-state index contributed by atoms with van der Waals surface area (Å²) in [7, 11) is 0. The molecular weight excluding hydrogens is 298 g/mol. The van der Waals surface area contributed by atoms with Crippen LogP contribution in [0.3, 0.4) is 0 Å². The van der Waals surface area contributed by atoms with Gasteiger partial charge >= 0.3 is 5.97 Å². The van der Waals surface area contributed by atoms with Crippen LogP contribution in [0.1, 0.15) is 20.8 Å². The minimum Gasteiger partial charge on any atom is -0.462 e. The van der Waals surface area contributed by atoms with Crippen molar-refractivity contribution in [1.82, 2.24) is 9.80 Å². The third-order valence-corrected chi connectivity index (χ3v) is 3.69. The number of carbonyl (C=O) groups is 2. The highest BCUT2D eigenvalue weighted by Crippen LogP contribution is 2.24. The van der Waals surface area contributed by atoms with Gasteiger partial charge in [-0.1, -0.05) is 0 Å². The Balaban J connectivity index is 2.39. The number of hydrogen-bond donors (Lipinski definition) is 0. The van der Waals surface area contributed by atoms with E-state index in [1.165, 1.54) is 6.92 Å². The molecule has 2 aliphatic rings. The summed E-state index contributed by atoms with van der Waals surface area (Å²) in [6, 6.07) is 0. The molecule has 23 heavy (non-hydrogen) atoms. The summed E-state index contributed by atoms with van der Waals surface area (Å²) in [6.45, 7) is 8.68. The molecule has 0 N–H and O–H groups in total. The van der Waals surface area contributed by atoms with Crippen molar-refractivity contribution in [2.24, 2.45) is 4.99 Å². The summed E-state index contributed by atoms with van der Waals surface area (Å²) in [5.41, 5.74) is 0.527. The van der Waals surface area contributed by atoms with Gasteiger partial charge in [0.1, 0.15) is 11.4 Å². The van der Waals surface area contributed by atoms with E-state index in [9.17, 15) is 9.59 Å². The van der Waals surface area contributed by atoms with Crippen molar-refractivity contribution in [2.75, 3.05) is 39.5 Å². The van der Waals surface area contributed by atoms with E-state index >= 15 is 0 Å². The van der Waals surface area contributed by atoms with Crippen LogP contribution in [-0.2, 0) is 19.1 Å². The van der Waals surface area contributed by atoms with Crippen LogP contribution in [0.15, 0.2) is 28.3 Å². The molecule has 2 heterocycles. The lowest BCUT2D eigenvalue weighted by Gasteiger charge is -2.38. The zero-order chi connectivity index (χ0) is 16.8. The molecule has 0 amide bonds. The van der Waals surface area contributed by atoms with Crippen LogP contribution in [0.25, 0.3) is 0 Å². The third kappa shape index (κ3) is 3.79. The standard InChI is InChI=1S/C16H23N3O4/c1-4-19-13(15(12(3)20)16(21)23-5-2)10-17-11-14(19)18-6-8-22-9-7-18/h10-11H,4-9H2,1-3H3/b15-13+. The van der Waals surface area contributed by atoms with Crippen LogP contribution in [0.5, 0.6) is 0 Å². The number of morpholine rings is 1. The van der Waals surface area contributed by atoms with E-state index in [4.69, 9.17) is 9.47 Å². The molecule has 1 fully saturated rings. The van der Waals surface area contributed by atoms with Gasteiger partial charge in [0, 0.05) is 19.6 Å². The summed E-state index contributed by atoms with van der Waals surface area (Å²) < 4.78 is 10.4. The maximum absolute atomic E-state index is 12.2. The molecule has 0 aromatic carbocycles. The minimum atomic E-state index is -0.608. The number of rotatable bonds is 5. The maximum atomic E-state index is 12.2. The van der Waals surface area contributed by atoms with Gasteiger partial charge in [-0.25, -0.2) is 4.79 Å². The number of ether oxygens (including phenoxy) is 2. The van der Waals surface area contributed by atoms with Gasteiger partial charge in [-0.2, -0.15) is 0 Å². The highest BCUT2D eigenvalue weighted by molar-refractivity contribution is 6.19. The lowest BCUT2D eigenvalue weighted by atomic mass is 10.1. The highest BCUT2D eigenvalue weighted by Gasteiger charge is 2.29. The van der Waals surface area contributed by atoms with E-state index in [0.29, 0.717) is 25.5 Å². The smallest absolute Gasteiger partial charge is 0.343 e. The Morgan fingerprint density at radius 3 is 2.57 bits per heavy atom. The molecule has 0 spiro atoms. The van der Waals surface area contributed by atoms with Crippen molar-refractivity contribution < 1.29 is 19.1 Å². The van der Waals surface area contributed by atoms with Crippen LogP contribution in [0.4, 0.5) is 0 Å². The first-order valence-electron chi connectivity index (χ1n) is 7.86. The Labute approximate surface area is 136 Å². The number of Topliss-reactive ketones (excluding diaryl/α,β-unsaturated/α-hetero) is 1. The van der Waals surface area contributed by atoms with Gasteiger partial charge in [0.2, 0.25) is 0 Å². The molecule has 0 atom stereocenters. The Kier molecular flexibility index (Phi) is 5.92. The number of allylic oxidation sites excluding steroid dienone is 1. The van der Waals surface area contributed by atoms with Crippen LogP contribution in [-0.4, -0.2) is 67.2 Å². The van der Waals surface area contributed by atoms with Gasteiger partial charge in [0.25, 0.3) is 0 Å². The van der Waals surface area contributed by atoms with Crippen molar-refractivity contribution in [2.45, 2.75) is 20.8 Å². The van der Waals surface area contributed by atoms with Crippen LogP contribution < -0.4 is 0 Å².